The van der Waals surface area contributed by atoms with Crippen LogP contribution in [0, 0.1) is 13.8 Å². The van der Waals surface area contributed by atoms with E-state index in [0.717, 1.165) is 40.6 Å². The molecule has 1 aliphatic heterocycles. The number of piperidine rings is 1. The Bertz CT molecular complexity index is 1220. The number of benzene rings is 1. The fraction of sp³-hybridized carbons (Fsp3) is 0.478. The lowest BCUT2D eigenvalue weighted by Crippen LogP contribution is -2.39. The molecule has 190 valence electrons. The molecule has 4 rings (SSSR count). The summed E-state index contributed by atoms with van der Waals surface area (Å²) < 4.78 is 39.5. The van der Waals surface area contributed by atoms with E-state index in [1.807, 2.05) is 61.7 Å². The van der Waals surface area contributed by atoms with Gasteiger partial charge in [-0.3, -0.25) is 4.79 Å². The van der Waals surface area contributed by atoms with Gasteiger partial charge in [-0.25, -0.2) is 9.48 Å². The highest BCUT2D eigenvalue weighted by molar-refractivity contribution is 5.99. The Morgan fingerprint density at radius 2 is 1.77 bits per heavy atom. The molecule has 12 heteroatoms. The Labute approximate surface area is 199 Å². The molecule has 0 saturated carbocycles. The number of halogens is 3. The molecule has 1 aromatic carbocycles. The second-order valence-electron chi connectivity index (χ2n) is 9.19. The summed E-state index contributed by atoms with van der Waals surface area (Å²) in [6.07, 6.45) is -1.50. The summed E-state index contributed by atoms with van der Waals surface area (Å²) in [6.45, 7) is 9.14. The summed E-state index contributed by atoms with van der Waals surface area (Å²) in [5.41, 5.74) is 9.17. The molecule has 35 heavy (non-hydrogen) atoms. The second-order valence-corrected chi connectivity index (χ2v) is 9.19. The van der Waals surface area contributed by atoms with Crippen molar-refractivity contribution in [1.82, 2.24) is 19.9 Å². The van der Waals surface area contributed by atoms with Crippen molar-refractivity contribution >= 4 is 22.8 Å². The van der Waals surface area contributed by atoms with Crippen LogP contribution in [0.3, 0.4) is 0 Å². The van der Waals surface area contributed by atoms with Crippen LogP contribution in [0.1, 0.15) is 60.1 Å². The Hall–Kier alpha value is -3.41. The van der Waals surface area contributed by atoms with Crippen molar-refractivity contribution in [2.24, 2.45) is 5.73 Å². The first-order chi connectivity index (χ1) is 16.2. The topological polar surface area (TPSA) is 127 Å². The zero-order valence-corrected chi connectivity index (χ0v) is 19.9. The van der Waals surface area contributed by atoms with Gasteiger partial charge in [0.15, 0.2) is 5.76 Å². The first-order valence-corrected chi connectivity index (χ1v) is 11.0. The lowest BCUT2D eigenvalue weighted by Gasteiger charge is -2.31. The standard InChI is InChI=1S/C21H27N5O2.C2HF3O2/c1-13-5-6-16-14(2)19(28-17(16)11-13)20(27)25-9-7-15(8-10-25)26-12-18(23-24-26)21(3,4)22;3-2(4,5)1(6)7/h5-6,11-12,15H,7-10,22H2,1-4H3;(H,6,7). The number of hydrogen-bond donors (Lipinski definition) is 2. The van der Waals surface area contributed by atoms with Crippen LogP contribution in [0.5, 0.6) is 0 Å². The van der Waals surface area contributed by atoms with Crippen LogP contribution >= 0.6 is 0 Å². The van der Waals surface area contributed by atoms with Crippen LogP contribution < -0.4 is 5.73 Å². The highest BCUT2D eigenvalue weighted by Gasteiger charge is 2.38. The van der Waals surface area contributed by atoms with E-state index in [1.54, 1.807) is 0 Å². The van der Waals surface area contributed by atoms with Crippen molar-refractivity contribution in [3.05, 3.63) is 47.0 Å². The van der Waals surface area contributed by atoms with E-state index in [-0.39, 0.29) is 11.9 Å². The average molecular weight is 496 g/mol. The monoisotopic (exact) mass is 495 g/mol. The molecule has 3 heterocycles. The third-order valence-corrected chi connectivity index (χ3v) is 5.83. The van der Waals surface area contributed by atoms with Gasteiger partial charge < -0.3 is 20.2 Å². The van der Waals surface area contributed by atoms with Gasteiger partial charge in [0.2, 0.25) is 0 Å². The molecule has 1 fully saturated rings. The van der Waals surface area contributed by atoms with E-state index in [0.29, 0.717) is 18.8 Å². The fourth-order valence-electron chi connectivity index (χ4n) is 3.76. The number of fused-ring (bicyclic) bond motifs is 1. The molecule has 0 aliphatic carbocycles. The lowest BCUT2D eigenvalue weighted by molar-refractivity contribution is -0.192. The molecule has 0 radical (unpaired) electrons. The number of aliphatic carboxylic acids is 1. The number of likely N-dealkylation sites (tertiary alicyclic amines) is 1. The Morgan fingerprint density at radius 3 is 2.29 bits per heavy atom. The zero-order valence-electron chi connectivity index (χ0n) is 19.9. The molecule has 0 bridgehead atoms. The Balaban J connectivity index is 0.000000429. The number of nitrogens with zero attached hydrogens (tertiary/aromatic N) is 4. The summed E-state index contributed by atoms with van der Waals surface area (Å²) in [5.74, 6) is -2.34. The number of aromatic nitrogens is 3. The summed E-state index contributed by atoms with van der Waals surface area (Å²) >= 11 is 0. The summed E-state index contributed by atoms with van der Waals surface area (Å²) in [5, 5.41) is 16.6. The van der Waals surface area contributed by atoms with Crippen molar-refractivity contribution in [1.29, 1.82) is 0 Å². The fourth-order valence-corrected chi connectivity index (χ4v) is 3.76. The number of hydrogen-bond acceptors (Lipinski definition) is 6. The summed E-state index contributed by atoms with van der Waals surface area (Å²) in [4.78, 5) is 23.8. The second kappa shape index (κ2) is 9.68. The molecular formula is C23H28F3N5O4. The molecule has 1 saturated heterocycles. The number of alkyl halides is 3. The normalized spacial score (nSPS) is 15.1. The van der Waals surface area contributed by atoms with Gasteiger partial charge in [0.25, 0.3) is 5.91 Å². The Morgan fingerprint density at radius 1 is 1.17 bits per heavy atom. The number of carbonyl (C=O) groups is 2. The molecule has 1 amide bonds. The SMILES string of the molecule is Cc1ccc2c(C)c(C(=O)N3CCC(n4cc(C(C)(C)N)nn4)CC3)oc2c1.O=C(O)C(F)(F)F. The van der Waals surface area contributed by atoms with E-state index in [2.05, 4.69) is 10.3 Å². The molecule has 0 unspecified atom stereocenters. The van der Waals surface area contributed by atoms with Crippen LogP contribution in [0.15, 0.2) is 28.8 Å². The smallest absolute Gasteiger partial charge is 0.475 e. The molecule has 1 aliphatic rings. The van der Waals surface area contributed by atoms with Crippen molar-refractivity contribution < 1.29 is 32.3 Å². The predicted octanol–water partition coefficient (Wildman–Crippen LogP) is 3.95. The summed E-state index contributed by atoms with van der Waals surface area (Å²) in [7, 11) is 0. The van der Waals surface area contributed by atoms with Crippen LogP contribution in [0.4, 0.5) is 13.2 Å². The maximum atomic E-state index is 13.0. The van der Waals surface area contributed by atoms with Gasteiger partial charge in [-0.1, -0.05) is 17.3 Å². The van der Waals surface area contributed by atoms with Crippen molar-refractivity contribution in [3.8, 4) is 0 Å². The number of carbonyl (C=O) groups excluding carboxylic acids is 1. The van der Waals surface area contributed by atoms with Crippen molar-refractivity contribution in [2.75, 3.05) is 13.1 Å². The quantitative estimate of drug-likeness (QED) is 0.563. The maximum Gasteiger partial charge on any atom is 0.490 e. The predicted molar refractivity (Wildman–Crippen MR) is 121 cm³/mol. The van der Waals surface area contributed by atoms with Crippen LogP contribution in [0.2, 0.25) is 0 Å². The van der Waals surface area contributed by atoms with Gasteiger partial charge in [0, 0.05) is 24.0 Å². The Kier molecular flexibility index (Phi) is 7.25. The van der Waals surface area contributed by atoms with E-state index >= 15 is 0 Å². The number of rotatable bonds is 3. The van der Waals surface area contributed by atoms with Crippen LogP contribution in [-0.2, 0) is 10.3 Å². The molecule has 3 aromatic rings. The molecular weight excluding hydrogens is 467 g/mol. The number of furan rings is 1. The van der Waals surface area contributed by atoms with E-state index in [9.17, 15) is 18.0 Å². The van der Waals surface area contributed by atoms with Crippen molar-refractivity contribution in [2.45, 2.75) is 58.3 Å². The van der Waals surface area contributed by atoms with Crippen LogP contribution in [0.25, 0.3) is 11.0 Å². The minimum atomic E-state index is -5.08. The van der Waals surface area contributed by atoms with Gasteiger partial charge in [-0.15, -0.1) is 5.10 Å². The molecule has 3 N–H and O–H groups in total. The van der Waals surface area contributed by atoms with E-state index in [4.69, 9.17) is 20.1 Å². The number of carboxylic acid groups (broad SMARTS) is 1. The third-order valence-electron chi connectivity index (χ3n) is 5.83. The van der Waals surface area contributed by atoms with Crippen LogP contribution in [-0.4, -0.2) is 56.1 Å². The van der Waals surface area contributed by atoms with E-state index < -0.39 is 17.7 Å². The number of nitrogens with two attached hydrogens (primary N) is 1. The highest BCUT2D eigenvalue weighted by atomic mass is 19.4. The van der Waals surface area contributed by atoms with Gasteiger partial charge in [0.05, 0.1) is 17.8 Å². The largest absolute Gasteiger partial charge is 0.490 e. The molecule has 2 aromatic heterocycles. The van der Waals surface area contributed by atoms with Gasteiger partial charge in [0.1, 0.15) is 11.3 Å². The first-order valence-electron chi connectivity index (χ1n) is 11.0. The minimum Gasteiger partial charge on any atom is -0.475 e. The highest BCUT2D eigenvalue weighted by Crippen LogP contribution is 2.29. The van der Waals surface area contributed by atoms with Gasteiger partial charge in [-0.2, -0.15) is 13.2 Å². The van der Waals surface area contributed by atoms with E-state index in [1.165, 1.54) is 0 Å². The zero-order chi connectivity index (χ0) is 26.1. The van der Waals surface area contributed by atoms with Gasteiger partial charge >= 0.3 is 12.1 Å². The molecule has 0 spiro atoms. The lowest BCUT2D eigenvalue weighted by atomic mass is 10.0. The number of carboxylic acids is 1. The summed E-state index contributed by atoms with van der Waals surface area (Å²) in [6, 6.07) is 6.27. The molecule has 0 atom stereocenters. The minimum absolute atomic E-state index is 0.0350. The first kappa shape index (κ1) is 26.2. The maximum absolute atomic E-state index is 13.0. The van der Waals surface area contributed by atoms with Gasteiger partial charge in [-0.05, 0) is 52.2 Å². The van der Waals surface area contributed by atoms with Crippen molar-refractivity contribution in [3.63, 3.8) is 0 Å². The number of aryl methyl sites for hydroxylation is 2. The molecule has 9 nitrogen and oxygen atoms in total. The average Bonchev–Trinajstić information content (AvgIpc) is 3.38. The number of amides is 1. The third kappa shape index (κ3) is 5.99.